The number of carbonyl (C=O) groups is 1. The number of nitrogens with one attached hydrogen (secondary N) is 1. The van der Waals surface area contributed by atoms with Crippen LogP contribution in [-0.4, -0.2) is 10.9 Å². The molecule has 0 atom stereocenters. The van der Waals surface area contributed by atoms with Gasteiger partial charge in [-0.1, -0.05) is 41.9 Å². The highest BCUT2D eigenvalue weighted by Gasteiger charge is 2.17. The van der Waals surface area contributed by atoms with Gasteiger partial charge in [0.1, 0.15) is 11.5 Å². The summed E-state index contributed by atoms with van der Waals surface area (Å²) in [5.41, 5.74) is 2.55. The largest absolute Gasteiger partial charge is 0.457 e. The van der Waals surface area contributed by atoms with E-state index in [1.54, 1.807) is 54.7 Å². The van der Waals surface area contributed by atoms with Gasteiger partial charge in [0.2, 0.25) is 5.89 Å². The second-order valence-electron chi connectivity index (χ2n) is 7.48. The van der Waals surface area contributed by atoms with Crippen LogP contribution in [0.1, 0.15) is 10.4 Å². The van der Waals surface area contributed by atoms with Crippen molar-refractivity contribution in [3.05, 3.63) is 120 Å². The molecule has 0 aliphatic rings. The first kappa shape index (κ1) is 21.5. The quantitative estimate of drug-likeness (QED) is 0.278. The van der Waals surface area contributed by atoms with E-state index in [0.29, 0.717) is 39.2 Å². The Morgan fingerprint density at radius 3 is 2.24 bits per heavy atom. The summed E-state index contributed by atoms with van der Waals surface area (Å²) in [6.45, 7) is 0. The average molecular weight is 467 g/mol. The molecule has 0 saturated carbocycles. The molecule has 166 valence electrons. The van der Waals surface area contributed by atoms with E-state index in [1.165, 1.54) is 0 Å². The van der Waals surface area contributed by atoms with Crippen molar-refractivity contribution in [1.82, 2.24) is 4.98 Å². The first-order valence-corrected chi connectivity index (χ1v) is 11.0. The predicted molar refractivity (Wildman–Crippen MR) is 133 cm³/mol. The number of nitrogens with zero attached hydrogens (tertiary/aromatic N) is 1. The minimum Gasteiger partial charge on any atom is -0.457 e. The molecule has 5 nitrogen and oxygen atoms in total. The maximum absolute atomic E-state index is 13.1. The molecule has 0 unspecified atom stereocenters. The van der Waals surface area contributed by atoms with Crippen molar-refractivity contribution in [3.63, 3.8) is 0 Å². The van der Waals surface area contributed by atoms with E-state index in [0.717, 1.165) is 11.3 Å². The summed E-state index contributed by atoms with van der Waals surface area (Å²) in [6, 6.07) is 31.2. The SMILES string of the molecule is O=C(Nc1ccc(Oc2ccccc2)cc1)c1ccccc1-c1ncc(-c2ccc(Cl)cc2)o1. The molecular formula is C28H19ClN2O3. The molecule has 0 bridgehead atoms. The van der Waals surface area contributed by atoms with Gasteiger partial charge in [-0.25, -0.2) is 4.98 Å². The standard InChI is InChI=1S/C28H19ClN2O3/c29-20-12-10-19(11-13-20)26-18-30-28(34-26)25-9-5-4-8-24(25)27(32)31-21-14-16-23(17-15-21)33-22-6-2-1-3-7-22/h1-18H,(H,31,32). The van der Waals surface area contributed by atoms with Crippen molar-refractivity contribution >= 4 is 23.2 Å². The number of amides is 1. The van der Waals surface area contributed by atoms with E-state index in [1.807, 2.05) is 54.6 Å². The molecule has 6 heteroatoms. The van der Waals surface area contributed by atoms with Gasteiger partial charge in [0.15, 0.2) is 5.76 Å². The predicted octanol–water partition coefficient (Wildman–Crippen LogP) is 7.71. The van der Waals surface area contributed by atoms with E-state index < -0.39 is 0 Å². The zero-order valence-electron chi connectivity index (χ0n) is 17.9. The molecule has 0 radical (unpaired) electrons. The van der Waals surface area contributed by atoms with Crippen molar-refractivity contribution in [1.29, 1.82) is 0 Å². The van der Waals surface area contributed by atoms with Crippen LogP contribution >= 0.6 is 11.6 Å². The molecule has 4 aromatic carbocycles. The Kier molecular flexibility index (Phi) is 6.10. The summed E-state index contributed by atoms with van der Waals surface area (Å²) >= 11 is 5.97. The Morgan fingerprint density at radius 2 is 1.47 bits per heavy atom. The zero-order chi connectivity index (χ0) is 23.3. The Balaban J connectivity index is 1.33. The molecular weight excluding hydrogens is 448 g/mol. The molecule has 34 heavy (non-hydrogen) atoms. The van der Waals surface area contributed by atoms with E-state index >= 15 is 0 Å². The van der Waals surface area contributed by atoms with Crippen LogP contribution in [0.2, 0.25) is 5.02 Å². The Labute approximate surface area is 201 Å². The highest BCUT2D eigenvalue weighted by Crippen LogP contribution is 2.30. The number of carbonyl (C=O) groups excluding carboxylic acids is 1. The number of benzene rings is 4. The topological polar surface area (TPSA) is 64.4 Å². The van der Waals surface area contributed by atoms with Gasteiger partial charge in [0.05, 0.1) is 11.8 Å². The molecule has 1 N–H and O–H groups in total. The molecule has 0 aliphatic carbocycles. The van der Waals surface area contributed by atoms with Crippen molar-refractivity contribution in [2.45, 2.75) is 0 Å². The van der Waals surface area contributed by atoms with Crippen LogP contribution in [0.15, 0.2) is 114 Å². The van der Waals surface area contributed by atoms with E-state index in [4.69, 9.17) is 20.8 Å². The van der Waals surface area contributed by atoms with E-state index in [2.05, 4.69) is 10.3 Å². The Bertz CT molecular complexity index is 1410. The number of hydrogen-bond donors (Lipinski definition) is 1. The normalized spacial score (nSPS) is 10.6. The smallest absolute Gasteiger partial charge is 0.256 e. The van der Waals surface area contributed by atoms with Crippen LogP contribution < -0.4 is 10.1 Å². The fourth-order valence-corrected chi connectivity index (χ4v) is 3.57. The minimum atomic E-state index is -0.265. The molecule has 0 spiro atoms. The second kappa shape index (κ2) is 9.65. The number of hydrogen-bond acceptors (Lipinski definition) is 4. The number of para-hydroxylation sites is 1. The number of oxazole rings is 1. The molecule has 5 aromatic rings. The van der Waals surface area contributed by atoms with Gasteiger partial charge >= 0.3 is 0 Å². The summed E-state index contributed by atoms with van der Waals surface area (Å²) in [5, 5.41) is 3.57. The lowest BCUT2D eigenvalue weighted by Crippen LogP contribution is -2.13. The van der Waals surface area contributed by atoms with Crippen LogP contribution in [0.5, 0.6) is 11.5 Å². The van der Waals surface area contributed by atoms with Crippen molar-refractivity contribution in [3.8, 4) is 34.3 Å². The van der Waals surface area contributed by atoms with Gasteiger partial charge < -0.3 is 14.5 Å². The second-order valence-corrected chi connectivity index (χ2v) is 7.91. The van der Waals surface area contributed by atoms with Crippen LogP contribution in [-0.2, 0) is 0 Å². The zero-order valence-corrected chi connectivity index (χ0v) is 18.7. The fraction of sp³-hybridized carbons (Fsp3) is 0. The van der Waals surface area contributed by atoms with Gasteiger partial charge in [-0.3, -0.25) is 4.79 Å². The summed E-state index contributed by atoms with van der Waals surface area (Å²) in [7, 11) is 0. The van der Waals surface area contributed by atoms with Gasteiger partial charge in [0.25, 0.3) is 5.91 Å². The highest BCUT2D eigenvalue weighted by atomic mass is 35.5. The molecule has 0 saturated heterocycles. The van der Waals surface area contributed by atoms with Crippen molar-refractivity contribution < 1.29 is 13.9 Å². The summed E-state index contributed by atoms with van der Waals surface area (Å²) < 4.78 is 11.8. The maximum Gasteiger partial charge on any atom is 0.256 e. The van der Waals surface area contributed by atoms with Crippen molar-refractivity contribution in [2.75, 3.05) is 5.32 Å². The third-order valence-corrected chi connectivity index (χ3v) is 5.38. The first-order chi connectivity index (χ1) is 16.7. The van der Waals surface area contributed by atoms with Crippen LogP contribution in [0.25, 0.3) is 22.8 Å². The van der Waals surface area contributed by atoms with E-state index in [9.17, 15) is 4.79 Å². The maximum atomic E-state index is 13.1. The monoisotopic (exact) mass is 466 g/mol. The average Bonchev–Trinajstić information content (AvgIpc) is 3.36. The third-order valence-electron chi connectivity index (χ3n) is 5.13. The Morgan fingerprint density at radius 1 is 0.794 bits per heavy atom. The highest BCUT2D eigenvalue weighted by molar-refractivity contribution is 6.30. The van der Waals surface area contributed by atoms with Crippen molar-refractivity contribution in [2.24, 2.45) is 0 Å². The number of ether oxygens (including phenoxy) is 1. The molecule has 1 amide bonds. The summed E-state index contributed by atoms with van der Waals surface area (Å²) in [5.74, 6) is 2.12. The lowest BCUT2D eigenvalue weighted by atomic mass is 10.1. The number of halogens is 1. The number of anilines is 1. The lowest BCUT2D eigenvalue weighted by Gasteiger charge is -2.10. The molecule has 0 aliphatic heterocycles. The Hall–Kier alpha value is -4.35. The van der Waals surface area contributed by atoms with Crippen LogP contribution in [0.4, 0.5) is 5.69 Å². The van der Waals surface area contributed by atoms with Crippen LogP contribution in [0.3, 0.4) is 0 Å². The minimum absolute atomic E-state index is 0.265. The van der Waals surface area contributed by atoms with Crippen LogP contribution in [0, 0.1) is 0 Å². The molecule has 1 heterocycles. The molecule has 0 fully saturated rings. The summed E-state index contributed by atoms with van der Waals surface area (Å²) in [6.07, 6.45) is 1.64. The fourth-order valence-electron chi connectivity index (χ4n) is 3.44. The lowest BCUT2D eigenvalue weighted by molar-refractivity contribution is 0.102. The first-order valence-electron chi connectivity index (χ1n) is 10.6. The number of aromatic nitrogens is 1. The number of rotatable bonds is 6. The van der Waals surface area contributed by atoms with Gasteiger partial charge in [-0.2, -0.15) is 0 Å². The van der Waals surface area contributed by atoms with Gasteiger partial charge in [0, 0.05) is 21.8 Å². The van der Waals surface area contributed by atoms with E-state index in [-0.39, 0.29) is 5.91 Å². The molecule has 5 rings (SSSR count). The van der Waals surface area contributed by atoms with Gasteiger partial charge in [-0.15, -0.1) is 0 Å². The molecule has 1 aromatic heterocycles. The van der Waals surface area contributed by atoms with Gasteiger partial charge in [-0.05, 0) is 72.8 Å². The third kappa shape index (κ3) is 4.85. The summed E-state index contributed by atoms with van der Waals surface area (Å²) in [4.78, 5) is 17.5.